The molecule has 1 unspecified atom stereocenters. The van der Waals surface area contributed by atoms with E-state index in [2.05, 4.69) is 18.9 Å². The summed E-state index contributed by atoms with van der Waals surface area (Å²) in [5.41, 5.74) is 8.17. The van der Waals surface area contributed by atoms with Crippen LogP contribution in [-0.2, 0) is 0 Å². The van der Waals surface area contributed by atoms with Crippen LogP contribution in [0.25, 0.3) is 0 Å². The number of hydrogen-bond acceptors (Lipinski definition) is 3. The highest BCUT2D eigenvalue weighted by Gasteiger charge is 2.27. The van der Waals surface area contributed by atoms with Crippen LogP contribution in [0.4, 0.5) is 5.69 Å². The number of amides is 1. The van der Waals surface area contributed by atoms with Crippen LogP contribution in [0.15, 0.2) is 18.2 Å². The van der Waals surface area contributed by atoms with Crippen molar-refractivity contribution in [2.45, 2.75) is 26.3 Å². The summed E-state index contributed by atoms with van der Waals surface area (Å²) in [5.74, 6) is 0.129. The second-order valence-electron chi connectivity index (χ2n) is 5.37. The Bertz CT molecular complexity index is 472. The van der Waals surface area contributed by atoms with E-state index in [1.807, 2.05) is 24.0 Å². The molecule has 1 aliphatic rings. The van der Waals surface area contributed by atoms with Crippen LogP contribution in [0.5, 0.6) is 0 Å². The molecule has 1 heterocycles. The summed E-state index contributed by atoms with van der Waals surface area (Å²) >= 11 is 0. The summed E-state index contributed by atoms with van der Waals surface area (Å²) in [6.07, 6.45) is 1.07. The number of aryl methyl sites for hydroxylation is 1. The zero-order chi connectivity index (χ0) is 14.0. The second kappa shape index (κ2) is 5.61. The molecule has 0 spiro atoms. The molecule has 1 amide bonds. The van der Waals surface area contributed by atoms with E-state index in [9.17, 15) is 4.79 Å². The third kappa shape index (κ3) is 2.89. The molecular weight excluding hydrogens is 238 g/mol. The fraction of sp³-hybridized carbons (Fsp3) is 0.533. The van der Waals surface area contributed by atoms with Gasteiger partial charge in [-0.15, -0.1) is 0 Å². The molecule has 1 fully saturated rings. The number of nitrogens with two attached hydrogens (primary N) is 1. The molecule has 0 radical (unpaired) electrons. The van der Waals surface area contributed by atoms with E-state index in [-0.39, 0.29) is 5.91 Å². The molecular formula is C15H23N3O. The molecule has 0 saturated carbocycles. The zero-order valence-electron chi connectivity index (χ0n) is 12.0. The van der Waals surface area contributed by atoms with Crippen LogP contribution in [0, 0.1) is 6.92 Å². The highest BCUT2D eigenvalue weighted by Crippen LogP contribution is 2.18. The van der Waals surface area contributed by atoms with Gasteiger partial charge in [0.1, 0.15) is 0 Å². The van der Waals surface area contributed by atoms with Gasteiger partial charge in [-0.25, -0.2) is 0 Å². The molecule has 1 aromatic carbocycles. The smallest absolute Gasteiger partial charge is 0.254 e. The number of likely N-dealkylation sites (N-methyl/N-ethyl adjacent to an activating group) is 1. The lowest BCUT2D eigenvalue weighted by molar-refractivity contribution is 0.0541. The standard InChI is InChI=1S/C15H23N3O/c1-4-13-10-18(8-7-17(13)3)15(19)14-6-5-12(16)9-11(14)2/h5-6,9,13H,4,7-8,10,16H2,1-3H3. The van der Waals surface area contributed by atoms with E-state index in [4.69, 9.17) is 5.73 Å². The van der Waals surface area contributed by atoms with Crippen molar-refractivity contribution in [2.75, 3.05) is 32.4 Å². The topological polar surface area (TPSA) is 49.6 Å². The van der Waals surface area contributed by atoms with Gasteiger partial charge in [-0.1, -0.05) is 6.92 Å². The summed E-state index contributed by atoms with van der Waals surface area (Å²) in [6.45, 7) is 6.67. The van der Waals surface area contributed by atoms with Crippen molar-refractivity contribution >= 4 is 11.6 Å². The third-order valence-electron chi connectivity index (χ3n) is 4.02. The number of benzene rings is 1. The Hall–Kier alpha value is -1.55. The maximum Gasteiger partial charge on any atom is 0.254 e. The number of rotatable bonds is 2. The third-order valence-corrected chi connectivity index (χ3v) is 4.02. The number of piperazine rings is 1. The van der Waals surface area contributed by atoms with Gasteiger partial charge in [0.2, 0.25) is 0 Å². The van der Waals surface area contributed by atoms with Crippen LogP contribution in [0.2, 0.25) is 0 Å². The highest BCUT2D eigenvalue weighted by atomic mass is 16.2. The predicted octanol–water partition coefficient (Wildman–Crippen LogP) is 1.74. The number of nitrogens with zero attached hydrogens (tertiary/aromatic N) is 2. The summed E-state index contributed by atoms with van der Waals surface area (Å²) in [5, 5.41) is 0. The van der Waals surface area contributed by atoms with Crippen molar-refractivity contribution in [3.63, 3.8) is 0 Å². The molecule has 19 heavy (non-hydrogen) atoms. The molecule has 0 bridgehead atoms. The van der Waals surface area contributed by atoms with Gasteiger partial charge in [0.05, 0.1) is 0 Å². The molecule has 4 nitrogen and oxygen atoms in total. The monoisotopic (exact) mass is 261 g/mol. The average Bonchev–Trinajstić information content (AvgIpc) is 2.38. The number of hydrogen-bond donors (Lipinski definition) is 1. The molecule has 1 aliphatic heterocycles. The first-order valence-corrected chi connectivity index (χ1v) is 6.88. The highest BCUT2D eigenvalue weighted by molar-refractivity contribution is 5.96. The van der Waals surface area contributed by atoms with Gasteiger partial charge < -0.3 is 10.6 Å². The summed E-state index contributed by atoms with van der Waals surface area (Å²) in [6, 6.07) is 5.97. The molecule has 104 valence electrons. The molecule has 1 atom stereocenters. The van der Waals surface area contributed by atoms with Crippen molar-refractivity contribution in [2.24, 2.45) is 0 Å². The van der Waals surface area contributed by atoms with Crippen LogP contribution in [-0.4, -0.2) is 48.4 Å². The molecule has 1 aromatic rings. The Labute approximate surface area is 115 Å². The summed E-state index contributed by atoms with van der Waals surface area (Å²) < 4.78 is 0. The second-order valence-corrected chi connectivity index (χ2v) is 5.37. The number of anilines is 1. The van der Waals surface area contributed by atoms with Gasteiger partial charge in [0, 0.05) is 36.9 Å². The van der Waals surface area contributed by atoms with Gasteiger partial charge >= 0.3 is 0 Å². The van der Waals surface area contributed by atoms with Crippen LogP contribution in [0.3, 0.4) is 0 Å². The fourth-order valence-electron chi connectivity index (χ4n) is 2.67. The van der Waals surface area contributed by atoms with Crippen molar-refractivity contribution in [1.29, 1.82) is 0 Å². The molecule has 2 N–H and O–H groups in total. The van der Waals surface area contributed by atoms with Gasteiger partial charge in [-0.3, -0.25) is 9.69 Å². The first kappa shape index (κ1) is 13.9. The van der Waals surface area contributed by atoms with Crippen molar-refractivity contribution in [3.05, 3.63) is 29.3 Å². The Morgan fingerprint density at radius 1 is 1.42 bits per heavy atom. The van der Waals surface area contributed by atoms with E-state index in [0.717, 1.165) is 37.2 Å². The van der Waals surface area contributed by atoms with E-state index >= 15 is 0 Å². The summed E-state index contributed by atoms with van der Waals surface area (Å²) in [7, 11) is 2.13. The minimum atomic E-state index is 0.129. The van der Waals surface area contributed by atoms with Gasteiger partial charge in [0.25, 0.3) is 5.91 Å². The molecule has 0 aliphatic carbocycles. The number of carbonyl (C=O) groups excluding carboxylic acids is 1. The first-order valence-electron chi connectivity index (χ1n) is 6.88. The van der Waals surface area contributed by atoms with Gasteiger partial charge in [-0.05, 0) is 44.2 Å². The Balaban J connectivity index is 2.15. The lowest BCUT2D eigenvalue weighted by Crippen LogP contribution is -2.53. The lowest BCUT2D eigenvalue weighted by Gasteiger charge is -2.39. The Morgan fingerprint density at radius 3 is 2.79 bits per heavy atom. The van der Waals surface area contributed by atoms with Crippen LogP contribution >= 0.6 is 0 Å². The predicted molar refractivity (Wildman–Crippen MR) is 78.2 cm³/mol. The minimum absolute atomic E-state index is 0.129. The van der Waals surface area contributed by atoms with Crippen LogP contribution < -0.4 is 5.73 Å². The molecule has 4 heteroatoms. The van der Waals surface area contributed by atoms with Gasteiger partial charge in [-0.2, -0.15) is 0 Å². The Kier molecular flexibility index (Phi) is 4.10. The molecule has 1 saturated heterocycles. The number of carbonyl (C=O) groups is 1. The maximum atomic E-state index is 12.6. The molecule has 0 aromatic heterocycles. The average molecular weight is 261 g/mol. The van der Waals surface area contributed by atoms with Crippen molar-refractivity contribution in [3.8, 4) is 0 Å². The SMILES string of the molecule is CCC1CN(C(=O)c2ccc(N)cc2C)CCN1C. The van der Waals surface area contributed by atoms with E-state index in [1.54, 1.807) is 6.07 Å². The fourth-order valence-corrected chi connectivity index (χ4v) is 2.67. The van der Waals surface area contributed by atoms with E-state index in [1.165, 1.54) is 0 Å². The minimum Gasteiger partial charge on any atom is -0.399 e. The largest absolute Gasteiger partial charge is 0.399 e. The van der Waals surface area contributed by atoms with E-state index in [0.29, 0.717) is 11.7 Å². The summed E-state index contributed by atoms with van der Waals surface area (Å²) in [4.78, 5) is 16.9. The van der Waals surface area contributed by atoms with Crippen LogP contribution in [0.1, 0.15) is 29.3 Å². The normalized spacial score (nSPS) is 20.6. The molecule has 2 rings (SSSR count). The Morgan fingerprint density at radius 2 is 2.16 bits per heavy atom. The first-order chi connectivity index (χ1) is 9.02. The zero-order valence-corrected chi connectivity index (χ0v) is 12.0. The van der Waals surface area contributed by atoms with E-state index < -0.39 is 0 Å². The number of nitrogen functional groups attached to an aromatic ring is 1. The van der Waals surface area contributed by atoms with Crippen molar-refractivity contribution in [1.82, 2.24) is 9.80 Å². The lowest BCUT2D eigenvalue weighted by atomic mass is 10.0. The maximum absolute atomic E-state index is 12.6. The van der Waals surface area contributed by atoms with Crippen molar-refractivity contribution < 1.29 is 4.79 Å². The van der Waals surface area contributed by atoms with Gasteiger partial charge in [0.15, 0.2) is 0 Å². The quantitative estimate of drug-likeness (QED) is 0.825.